The minimum atomic E-state index is 1.13. The quantitative estimate of drug-likeness (QED) is 0.172. The third-order valence-corrected chi connectivity index (χ3v) is 13.0. The molecule has 0 spiro atoms. The zero-order valence-corrected chi connectivity index (χ0v) is 30.3. The van der Waals surface area contributed by atoms with Crippen LogP contribution in [0.15, 0.2) is 188 Å². The lowest BCUT2D eigenvalue weighted by Crippen LogP contribution is -2.09. The van der Waals surface area contributed by atoms with E-state index in [0.717, 1.165) is 17.1 Å². The molecule has 0 unspecified atom stereocenters. The molecule has 248 valence electrons. The van der Waals surface area contributed by atoms with Gasteiger partial charge in [-0.15, -0.1) is 22.7 Å². The fourth-order valence-corrected chi connectivity index (χ4v) is 10.4. The molecule has 11 rings (SSSR count). The van der Waals surface area contributed by atoms with Gasteiger partial charge in [-0.05, 0) is 98.4 Å². The predicted octanol–water partition coefficient (Wildman–Crippen LogP) is 15.5. The molecule has 53 heavy (non-hydrogen) atoms. The maximum absolute atomic E-state index is 2.39. The third-order valence-electron chi connectivity index (χ3n) is 10.6. The number of fused-ring (bicyclic) bond motifs is 10. The lowest BCUT2D eigenvalue weighted by molar-refractivity contribution is 1.29. The summed E-state index contributed by atoms with van der Waals surface area (Å²) in [6.07, 6.45) is 0. The number of anilines is 3. The second kappa shape index (κ2) is 12.2. The van der Waals surface area contributed by atoms with Gasteiger partial charge in [0, 0.05) is 57.4 Å². The molecular formula is C50H31NS2. The van der Waals surface area contributed by atoms with Crippen LogP contribution in [0.5, 0.6) is 0 Å². The molecule has 0 atom stereocenters. The molecule has 2 aromatic heterocycles. The van der Waals surface area contributed by atoms with E-state index >= 15 is 0 Å². The van der Waals surface area contributed by atoms with Crippen LogP contribution in [0.4, 0.5) is 17.1 Å². The van der Waals surface area contributed by atoms with Crippen molar-refractivity contribution >= 4 is 102 Å². The summed E-state index contributed by atoms with van der Waals surface area (Å²) in [6, 6.07) is 69.0. The van der Waals surface area contributed by atoms with E-state index in [1.54, 1.807) is 0 Å². The molecule has 0 amide bonds. The van der Waals surface area contributed by atoms with E-state index in [4.69, 9.17) is 0 Å². The van der Waals surface area contributed by atoms with Crippen molar-refractivity contribution in [3.63, 3.8) is 0 Å². The average molecular weight is 710 g/mol. The highest BCUT2D eigenvalue weighted by molar-refractivity contribution is 7.28. The fraction of sp³-hybridized carbons (Fsp3) is 0. The fourth-order valence-electron chi connectivity index (χ4n) is 8.04. The van der Waals surface area contributed by atoms with Crippen molar-refractivity contribution in [3.8, 4) is 22.3 Å². The first-order chi connectivity index (χ1) is 26.2. The van der Waals surface area contributed by atoms with E-state index in [1.807, 2.05) is 22.7 Å². The number of nitrogens with zero attached hydrogens (tertiary/aromatic N) is 1. The summed E-state index contributed by atoms with van der Waals surface area (Å²) >= 11 is 3.81. The van der Waals surface area contributed by atoms with E-state index < -0.39 is 0 Å². The highest BCUT2D eigenvalue weighted by Crippen LogP contribution is 2.47. The van der Waals surface area contributed by atoms with Gasteiger partial charge in [0.25, 0.3) is 0 Å². The van der Waals surface area contributed by atoms with Crippen molar-refractivity contribution in [2.75, 3.05) is 4.90 Å². The van der Waals surface area contributed by atoms with Crippen LogP contribution < -0.4 is 4.90 Å². The summed E-state index contributed by atoms with van der Waals surface area (Å²) in [6.45, 7) is 0. The van der Waals surface area contributed by atoms with Crippen molar-refractivity contribution in [1.82, 2.24) is 0 Å². The molecule has 0 saturated carbocycles. The SMILES string of the molecule is c1ccc(-c2ccc(N(c3ccc(-c4ccc5ccccc5c4)cc3)c3ccc4c(c3)sc3ccc5sc6c7ccccc7ccc6c5c34)cc2)cc1. The van der Waals surface area contributed by atoms with Crippen molar-refractivity contribution in [2.45, 2.75) is 0 Å². The Morgan fingerprint density at radius 3 is 1.62 bits per heavy atom. The molecule has 0 radical (unpaired) electrons. The Bertz CT molecular complexity index is 3150. The molecule has 1 nitrogen and oxygen atoms in total. The number of hydrogen-bond donors (Lipinski definition) is 0. The third kappa shape index (κ3) is 5.04. The second-order valence-corrected chi connectivity index (χ2v) is 15.9. The highest BCUT2D eigenvalue weighted by Gasteiger charge is 2.18. The normalized spacial score (nSPS) is 11.8. The number of thiophene rings is 2. The van der Waals surface area contributed by atoms with Crippen LogP contribution in [-0.2, 0) is 0 Å². The van der Waals surface area contributed by atoms with Gasteiger partial charge in [-0.25, -0.2) is 0 Å². The van der Waals surface area contributed by atoms with Gasteiger partial charge in [-0.3, -0.25) is 0 Å². The van der Waals surface area contributed by atoms with Crippen molar-refractivity contribution in [3.05, 3.63) is 188 Å². The second-order valence-electron chi connectivity index (χ2n) is 13.7. The summed E-state index contributed by atoms with van der Waals surface area (Å²) in [4.78, 5) is 2.39. The zero-order chi connectivity index (χ0) is 34.9. The van der Waals surface area contributed by atoms with Crippen molar-refractivity contribution < 1.29 is 0 Å². The zero-order valence-electron chi connectivity index (χ0n) is 28.7. The molecule has 0 saturated heterocycles. The van der Waals surface area contributed by atoms with E-state index in [0.29, 0.717) is 0 Å². The van der Waals surface area contributed by atoms with Crippen LogP contribution in [-0.4, -0.2) is 0 Å². The number of hydrogen-bond acceptors (Lipinski definition) is 3. The molecule has 0 aliphatic heterocycles. The lowest BCUT2D eigenvalue weighted by atomic mass is 10.0. The van der Waals surface area contributed by atoms with Crippen LogP contribution >= 0.6 is 22.7 Å². The van der Waals surface area contributed by atoms with Crippen LogP contribution in [0.1, 0.15) is 0 Å². The van der Waals surface area contributed by atoms with Crippen LogP contribution in [0.2, 0.25) is 0 Å². The lowest BCUT2D eigenvalue weighted by Gasteiger charge is -2.26. The first kappa shape index (κ1) is 30.4. The van der Waals surface area contributed by atoms with Crippen molar-refractivity contribution in [1.29, 1.82) is 0 Å². The Balaban J connectivity index is 1.05. The maximum Gasteiger partial charge on any atom is 0.0476 e. The van der Waals surface area contributed by atoms with Gasteiger partial charge in [0.1, 0.15) is 0 Å². The molecular weight excluding hydrogens is 679 g/mol. The molecule has 3 heteroatoms. The Labute approximate surface area is 315 Å². The first-order valence-electron chi connectivity index (χ1n) is 18.0. The van der Waals surface area contributed by atoms with Crippen LogP contribution in [0.3, 0.4) is 0 Å². The molecule has 9 aromatic carbocycles. The molecule has 0 fully saturated rings. The monoisotopic (exact) mass is 709 g/mol. The van der Waals surface area contributed by atoms with Gasteiger partial charge in [0.15, 0.2) is 0 Å². The van der Waals surface area contributed by atoms with Crippen molar-refractivity contribution in [2.24, 2.45) is 0 Å². The van der Waals surface area contributed by atoms with Gasteiger partial charge in [0.2, 0.25) is 0 Å². The Morgan fingerprint density at radius 1 is 0.302 bits per heavy atom. The van der Waals surface area contributed by atoms with Crippen LogP contribution in [0, 0.1) is 0 Å². The van der Waals surface area contributed by atoms with E-state index in [2.05, 4.69) is 193 Å². The molecule has 0 aliphatic rings. The minimum Gasteiger partial charge on any atom is -0.310 e. The van der Waals surface area contributed by atoms with Gasteiger partial charge in [-0.2, -0.15) is 0 Å². The van der Waals surface area contributed by atoms with Crippen LogP contribution in [0.25, 0.3) is 84.1 Å². The highest BCUT2D eigenvalue weighted by atomic mass is 32.1. The Morgan fingerprint density at radius 2 is 0.849 bits per heavy atom. The topological polar surface area (TPSA) is 3.24 Å². The van der Waals surface area contributed by atoms with E-state index in [-0.39, 0.29) is 0 Å². The Kier molecular flexibility index (Phi) is 6.97. The summed E-state index contributed by atoms with van der Waals surface area (Å²) in [7, 11) is 0. The summed E-state index contributed by atoms with van der Waals surface area (Å²) < 4.78 is 5.35. The number of rotatable bonds is 5. The van der Waals surface area contributed by atoms with E-state index in [1.165, 1.54) is 84.1 Å². The molecule has 11 aromatic rings. The van der Waals surface area contributed by atoms with E-state index in [9.17, 15) is 0 Å². The van der Waals surface area contributed by atoms with Gasteiger partial charge in [-0.1, -0.05) is 133 Å². The van der Waals surface area contributed by atoms with Gasteiger partial charge < -0.3 is 4.90 Å². The summed E-state index contributed by atoms with van der Waals surface area (Å²) in [5, 5.41) is 10.6. The Hall–Kier alpha value is -6.26. The summed E-state index contributed by atoms with van der Waals surface area (Å²) in [5.41, 5.74) is 8.26. The average Bonchev–Trinajstić information content (AvgIpc) is 3.80. The standard InChI is InChI=1S/C50H31NS2/c1-2-8-32(9-3-1)34-16-21-39(22-17-34)51(40-23-18-35(19-24-40)38-15-14-33-10-4-5-12-37(33)30-38)41-25-27-43-47(31-41)52-45-28-29-46-49(48(43)45)44-26-20-36-11-6-7-13-42(36)50(44)53-46/h1-31H. The predicted molar refractivity (Wildman–Crippen MR) is 233 cm³/mol. The smallest absolute Gasteiger partial charge is 0.0476 e. The maximum atomic E-state index is 2.39. The molecule has 2 heterocycles. The van der Waals surface area contributed by atoms with Gasteiger partial charge >= 0.3 is 0 Å². The minimum absolute atomic E-state index is 1.13. The first-order valence-corrected chi connectivity index (χ1v) is 19.6. The molecule has 0 aliphatic carbocycles. The molecule has 0 bridgehead atoms. The summed E-state index contributed by atoms with van der Waals surface area (Å²) in [5.74, 6) is 0. The molecule has 0 N–H and O–H groups in total. The largest absolute Gasteiger partial charge is 0.310 e. The van der Waals surface area contributed by atoms with Gasteiger partial charge in [0.05, 0.1) is 0 Å². The number of benzene rings is 9.